The first kappa shape index (κ1) is 17.0. The summed E-state index contributed by atoms with van der Waals surface area (Å²) in [6, 6.07) is 9.64. The van der Waals surface area contributed by atoms with Crippen LogP contribution in [0.5, 0.6) is 0 Å². The third-order valence-electron chi connectivity index (χ3n) is 3.94. The first-order valence-corrected chi connectivity index (χ1v) is 9.20. The molecule has 5 nitrogen and oxygen atoms in total. The molecule has 122 valence electrons. The first-order chi connectivity index (χ1) is 10.7. The monoisotopic (exact) mass is 324 g/mol. The zero-order valence-electron chi connectivity index (χ0n) is 12.7. The number of urea groups is 1. The molecule has 0 bridgehead atoms. The molecule has 1 aromatic carbocycles. The summed E-state index contributed by atoms with van der Waals surface area (Å²) in [5.41, 5.74) is 1.05. The van der Waals surface area contributed by atoms with Gasteiger partial charge in [-0.05, 0) is 24.3 Å². The van der Waals surface area contributed by atoms with Crippen LogP contribution in [0.2, 0.25) is 0 Å². The molecule has 1 fully saturated rings. The van der Waals surface area contributed by atoms with Gasteiger partial charge in [0.15, 0.2) is 0 Å². The molecule has 6 heteroatoms. The van der Waals surface area contributed by atoms with Crippen LogP contribution in [0.1, 0.15) is 18.4 Å². The van der Waals surface area contributed by atoms with E-state index in [4.69, 9.17) is 5.11 Å². The average Bonchev–Trinajstić information content (AvgIpc) is 2.55. The number of benzene rings is 1. The smallest absolute Gasteiger partial charge is 0.317 e. The van der Waals surface area contributed by atoms with E-state index in [-0.39, 0.29) is 12.6 Å². The molecule has 0 radical (unpaired) electrons. The molecule has 22 heavy (non-hydrogen) atoms. The van der Waals surface area contributed by atoms with E-state index in [0.29, 0.717) is 37.1 Å². The fraction of sp³-hybridized carbons (Fsp3) is 0.562. The standard InChI is InChI=1S/C16H24N2O3S/c19-12-14-6-9-18(10-7-14)16(20)17-8-11-22(21)13-15-4-2-1-3-5-15/h1-5,14,19H,6-13H2,(H,17,20). The number of likely N-dealkylation sites (tertiary alicyclic amines) is 1. The number of hydrogen-bond donors (Lipinski definition) is 2. The molecular formula is C16H24N2O3S. The van der Waals surface area contributed by atoms with Crippen molar-refractivity contribution < 1.29 is 14.1 Å². The van der Waals surface area contributed by atoms with Crippen LogP contribution in [0.4, 0.5) is 4.79 Å². The van der Waals surface area contributed by atoms with E-state index in [9.17, 15) is 9.00 Å². The summed E-state index contributed by atoms with van der Waals surface area (Å²) in [5, 5.41) is 11.9. The molecule has 2 rings (SSSR count). The van der Waals surface area contributed by atoms with Gasteiger partial charge >= 0.3 is 6.03 Å². The number of aliphatic hydroxyl groups excluding tert-OH is 1. The molecule has 1 saturated heterocycles. The fourth-order valence-electron chi connectivity index (χ4n) is 2.53. The largest absolute Gasteiger partial charge is 0.396 e. The number of hydrogen-bond acceptors (Lipinski definition) is 3. The lowest BCUT2D eigenvalue weighted by Crippen LogP contribution is -2.45. The molecular weight excluding hydrogens is 300 g/mol. The summed E-state index contributed by atoms with van der Waals surface area (Å²) >= 11 is 0. The van der Waals surface area contributed by atoms with Gasteiger partial charge < -0.3 is 15.3 Å². The van der Waals surface area contributed by atoms with E-state index in [1.54, 1.807) is 4.90 Å². The molecule has 1 heterocycles. The van der Waals surface area contributed by atoms with Crippen molar-refractivity contribution in [1.82, 2.24) is 10.2 Å². The molecule has 0 spiro atoms. The number of aliphatic hydroxyl groups is 1. The Hall–Kier alpha value is -1.40. The van der Waals surface area contributed by atoms with Crippen molar-refractivity contribution in [2.75, 3.05) is 32.0 Å². The number of carbonyl (C=O) groups is 1. The lowest BCUT2D eigenvalue weighted by atomic mass is 9.98. The average molecular weight is 324 g/mol. The molecule has 0 aromatic heterocycles. The lowest BCUT2D eigenvalue weighted by Gasteiger charge is -2.31. The molecule has 1 unspecified atom stereocenters. The lowest BCUT2D eigenvalue weighted by molar-refractivity contribution is 0.137. The quantitative estimate of drug-likeness (QED) is 0.830. The number of piperidine rings is 1. The van der Waals surface area contributed by atoms with Crippen LogP contribution in [-0.2, 0) is 16.6 Å². The predicted molar refractivity (Wildman–Crippen MR) is 87.9 cm³/mol. The van der Waals surface area contributed by atoms with Crippen LogP contribution in [-0.4, -0.2) is 52.2 Å². The second kappa shape index (κ2) is 8.90. The Bertz CT molecular complexity index is 487. The van der Waals surface area contributed by atoms with Gasteiger partial charge in [0.1, 0.15) is 0 Å². The number of rotatable bonds is 6. The van der Waals surface area contributed by atoms with Crippen molar-refractivity contribution in [1.29, 1.82) is 0 Å². The summed E-state index contributed by atoms with van der Waals surface area (Å²) in [6.45, 7) is 2.00. The first-order valence-electron chi connectivity index (χ1n) is 7.71. The molecule has 1 aliphatic rings. The van der Waals surface area contributed by atoms with Gasteiger partial charge in [0.05, 0.1) is 0 Å². The molecule has 0 saturated carbocycles. The summed E-state index contributed by atoms with van der Waals surface area (Å²) < 4.78 is 12.0. The Kier molecular flexibility index (Phi) is 6.86. The van der Waals surface area contributed by atoms with Crippen molar-refractivity contribution in [2.24, 2.45) is 5.92 Å². The Balaban J connectivity index is 1.64. The summed E-state index contributed by atoms with van der Waals surface area (Å²) in [7, 11) is -0.966. The molecule has 1 aliphatic heterocycles. The molecule has 0 aliphatic carbocycles. The van der Waals surface area contributed by atoms with E-state index in [1.807, 2.05) is 30.3 Å². The number of nitrogens with zero attached hydrogens (tertiary/aromatic N) is 1. The van der Waals surface area contributed by atoms with E-state index in [0.717, 1.165) is 18.4 Å². The van der Waals surface area contributed by atoms with Gasteiger partial charge in [0, 0.05) is 48.5 Å². The van der Waals surface area contributed by atoms with Crippen LogP contribution in [0.15, 0.2) is 30.3 Å². The summed E-state index contributed by atoms with van der Waals surface area (Å²) in [5.74, 6) is 1.31. The summed E-state index contributed by atoms with van der Waals surface area (Å²) in [4.78, 5) is 13.8. The van der Waals surface area contributed by atoms with Crippen LogP contribution in [0, 0.1) is 5.92 Å². The second-order valence-corrected chi connectivity index (χ2v) is 7.20. The van der Waals surface area contributed by atoms with Crippen LogP contribution in [0.3, 0.4) is 0 Å². The predicted octanol–water partition coefficient (Wildman–Crippen LogP) is 1.35. The number of carbonyl (C=O) groups excluding carboxylic acids is 1. The molecule has 1 aromatic rings. The highest BCUT2D eigenvalue weighted by Gasteiger charge is 2.21. The molecule has 1 atom stereocenters. The second-order valence-electron chi connectivity index (χ2n) is 5.62. The Morgan fingerprint density at radius 2 is 1.95 bits per heavy atom. The van der Waals surface area contributed by atoms with Gasteiger partial charge in [0.25, 0.3) is 0 Å². The summed E-state index contributed by atoms with van der Waals surface area (Å²) in [6.07, 6.45) is 1.70. The van der Waals surface area contributed by atoms with Gasteiger partial charge in [-0.25, -0.2) is 4.79 Å². The third kappa shape index (κ3) is 5.42. The van der Waals surface area contributed by atoms with Gasteiger partial charge in [-0.3, -0.25) is 4.21 Å². The van der Waals surface area contributed by atoms with Crippen molar-refractivity contribution in [3.63, 3.8) is 0 Å². The highest BCUT2D eigenvalue weighted by molar-refractivity contribution is 7.84. The Morgan fingerprint density at radius 3 is 2.59 bits per heavy atom. The van der Waals surface area contributed by atoms with E-state index in [2.05, 4.69) is 5.32 Å². The molecule has 2 N–H and O–H groups in total. The highest BCUT2D eigenvalue weighted by atomic mass is 32.2. The number of amides is 2. The van der Waals surface area contributed by atoms with E-state index in [1.165, 1.54) is 0 Å². The Labute approximate surface area is 134 Å². The van der Waals surface area contributed by atoms with Crippen LogP contribution in [0.25, 0.3) is 0 Å². The van der Waals surface area contributed by atoms with Crippen LogP contribution >= 0.6 is 0 Å². The third-order valence-corrected chi connectivity index (χ3v) is 5.25. The fourth-order valence-corrected chi connectivity index (χ4v) is 3.57. The zero-order chi connectivity index (χ0) is 15.8. The highest BCUT2D eigenvalue weighted by Crippen LogP contribution is 2.16. The zero-order valence-corrected chi connectivity index (χ0v) is 13.6. The van der Waals surface area contributed by atoms with Crippen molar-refractivity contribution >= 4 is 16.8 Å². The number of nitrogens with one attached hydrogen (secondary N) is 1. The minimum atomic E-state index is -0.966. The van der Waals surface area contributed by atoms with E-state index < -0.39 is 10.8 Å². The van der Waals surface area contributed by atoms with Gasteiger partial charge in [-0.15, -0.1) is 0 Å². The Morgan fingerprint density at radius 1 is 1.27 bits per heavy atom. The normalized spacial score (nSPS) is 17.2. The maximum atomic E-state index is 12.0. The minimum absolute atomic E-state index is 0.0897. The molecule has 2 amide bonds. The van der Waals surface area contributed by atoms with Crippen molar-refractivity contribution in [3.05, 3.63) is 35.9 Å². The van der Waals surface area contributed by atoms with Crippen molar-refractivity contribution in [3.8, 4) is 0 Å². The van der Waals surface area contributed by atoms with Crippen LogP contribution < -0.4 is 5.32 Å². The van der Waals surface area contributed by atoms with Gasteiger partial charge in [0.2, 0.25) is 0 Å². The SMILES string of the molecule is O=C(NCCS(=O)Cc1ccccc1)N1CCC(CO)CC1. The van der Waals surface area contributed by atoms with E-state index >= 15 is 0 Å². The maximum Gasteiger partial charge on any atom is 0.317 e. The minimum Gasteiger partial charge on any atom is -0.396 e. The van der Waals surface area contributed by atoms with Crippen molar-refractivity contribution in [2.45, 2.75) is 18.6 Å². The topological polar surface area (TPSA) is 69.6 Å². The maximum absolute atomic E-state index is 12.0. The van der Waals surface area contributed by atoms with Gasteiger partial charge in [-0.1, -0.05) is 30.3 Å². The van der Waals surface area contributed by atoms with Gasteiger partial charge in [-0.2, -0.15) is 0 Å².